The summed E-state index contributed by atoms with van der Waals surface area (Å²) in [6, 6.07) is 13.0. The molecule has 4 aromatic rings. The number of hydrogen-bond donors (Lipinski definition) is 13. The van der Waals surface area contributed by atoms with E-state index in [2.05, 4.69) is 47.5 Å². The highest BCUT2D eigenvalue weighted by Crippen LogP contribution is 2.24. The molecule has 0 saturated carbocycles. The number of aliphatic hydroxyl groups is 3. The van der Waals surface area contributed by atoms with E-state index in [1.54, 1.807) is 72.9 Å². The molecule has 1 aliphatic heterocycles. The lowest BCUT2D eigenvalue weighted by molar-refractivity contribution is -0.136. The molecule has 76 heavy (non-hydrogen) atoms. The summed E-state index contributed by atoms with van der Waals surface area (Å²) >= 11 is 0. The number of amides is 8. The second kappa shape index (κ2) is 30.2. The fraction of sp³-hybridized carbons (Fsp3) is 0.462. The molecular formula is C52H69FN10O11S2. The Bertz CT molecular complexity index is 2580. The van der Waals surface area contributed by atoms with E-state index in [-0.39, 0.29) is 43.7 Å². The first-order valence-corrected chi connectivity index (χ1v) is 27.5. The molecule has 4 unspecified atom stereocenters. The Kier molecular flexibility index (Phi) is 24.0. The van der Waals surface area contributed by atoms with Gasteiger partial charge >= 0.3 is 0 Å². The summed E-state index contributed by atoms with van der Waals surface area (Å²) < 4.78 is 14.3. The molecule has 0 bridgehead atoms. The van der Waals surface area contributed by atoms with E-state index in [0.717, 1.165) is 39.4 Å². The number of aliphatic hydroxyl groups excluding tert-OH is 3. The number of halogens is 1. The first-order valence-electron chi connectivity index (χ1n) is 25.0. The normalized spacial score (nSPS) is 22.4. The van der Waals surface area contributed by atoms with Gasteiger partial charge in [0.2, 0.25) is 41.4 Å². The van der Waals surface area contributed by atoms with E-state index in [1.807, 2.05) is 18.2 Å². The highest BCUT2D eigenvalue weighted by molar-refractivity contribution is 8.76. The number of unbranched alkanes of at least 4 members (excludes halogenated alkanes) is 1. The molecule has 1 aromatic heterocycles. The molecular weight excluding hydrogens is 1020 g/mol. The van der Waals surface area contributed by atoms with Gasteiger partial charge in [-0.25, -0.2) is 4.39 Å². The van der Waals surface area contributed by atoms with Gasteiger partial charge in [0.25, 0.3) is 5.91 Å². The molecule has 21 nitrogen and oxygen atoms in total. The molecule has 11 atom stereocenters. The van der Waals surface area contributed by atoms with Crippen LogP contribution in [0.5, 0.6) is 0 Å². The summed E-state index contributed by atoms with van der Waals surface area (Å²) in [7, 11) is 1.90. The van der Waals surface area contributed by atoms with Gasteiger partial charge in [0.05, 0.1) is 24.9 Å². The van der Waals surface area contributed by atoms with Crippen LogP contribution in [0.25, 0.3) is 10.9 Å². The minimum Gasteiger partial charge on any atom is -0.394 e. The number of benzene rings is 3. The van der Waals surface area contributed by atoms with Crippen LogP contribution in [0.1, 0.15) is 56.7 Å². The van der Waals surface area contributed by atoms with Gasteiger partial charge in [0.15, 0.2) is 6.17 Å². The number of nitrogens with two attached hydrogens (primary N) is 1. The van der Waals surface area contributed by atoms with Crippen LogP contribution in [0.4, 0.5) is 4.39 Å². The smallest absolute Gasteiger partial charge is 0.254 e. The highest BCUT2D eigenvalue weighted by atomic mass is 33.1. The molecule has 5 rings (SSSR count). The van der Waals surface area contributed by atoms with Crippen molar-refractivity contribution in [1.82, 2.24) is 47.5 Å². The number of rotatable bonds is 19. The molecule has 24 heteroatoms. The second-order valence-corrected chi connectivity index (χ2v) is 21.1. The lowest BCUT2D eigenvalue weighted by Gasteiger charge is -2.29. The lowest BCUT2D eigenvalue weighted by Crippen LogP contribution is -2.62. The van der Waals surface area contributed by atoms with Crippen molar-refractivity contribution in [3.63, 3.8) is 0 Å². The summed E-state index contributed by atoms with van der Waals surface area (Å²) in [5.41, 5.74) is 8.33. The van der Waals surface area contributed by atoms with Crippen molar-refractivity contribution in [3.8, 4) is 0 Å². The van der Waals surface area contributed by atoms with E-state index in [0.29, 0.717) is 29.5 Å². The van der Waals surface area contributed by atoms with Gasteiger partial charge in [-0.05, 0) is 69.3 Å². The van der Waals surface area contributed by atoms with Crippen molar-refractivity contribution in [3.05, 3.63) is 108 Å². The maximum absolute atomic E-state index is 14.8. The number of hydrogen-bond acceptors (Lipinski definition) is 14. The van der Waals surface area contributed by atoms with Crippen LogP contribution in [0.2, 0.25) is 0 Å². The minimum atomic E-state index is -2.00. The number of aromatic nitrogens is 1. The number of para-hydroxylation sites is 1. The molecule has 3 aromatic carbocycles. The number of fused-ring (bicyclic) bond motifs is 1. The largest absolute Gasteiger partial charge is 0.394 e. The monoisotopic (exact) mass is 1090 g/mol. The van der Waals surface area contributed by atoms with Crippen LogP contribution in [-0.2, 0) is 57.6 Å². The van der Waals surface area contributed by atoms with Gasteiger partial charge in [-0.1, -0.05) is 100 Å². The molecule has 1 aliphatic rings. The topological polar surface area (TPSA) is 335 Å². The zero-order valence-electron chi connectivity index (χ0n) is 42.5. The predicted molar refractivity (Wildman–Crippen MR) is 287 cm³/mol. The third-order valence-corrected chi connectivity index (χ3v) is 14.9. The number of H-pyrrole nitrogens is 1. The zero-order chi connectivity index (χ0) is 55.3. The van der Waals surface area contributed by atoms with Gasteiger partial charge < -0.3 is 68.6 Å². The van der Waals surface area contributed by atoms with E-state index in [1.165, 1.54) is 13.8 Å². The Labute approximate surface area is 447 Å². The molecule has 1 fully saturated rings. The molecule has 1 saturated heterocycles. The summed E-state index contributed by atoms with van der Waals surface area (Å²) in [6.07, 6.45) is -2.74. The quantitative estimate of drug-likeness (QED) is 0.0424. The Morgan fingerprint density at radius 1 is 0.697 bits per heavy atom. The SMILES string of the molecule is CC(F)C(=O)N[C@H](Cc1ccccc1)C(=O)N[C@@H]1CSSC[C@@H](C(=O)NC(CO)C(C)O)NC(=O)[C@H](C(C)O)NC(=O)[C@@H](CCCCN)NC(=O)[C@H](Cc2c[nH]c3ccccc23)NC(=O)[C@H](Cc2ccccc2)NC1=O. The van der Waals surface area contributed by atoms with Crippen LogP contribution >= 0.6 is 21.6 Å². The van der Waals surface area contributed by atoms with Crippen molar-refractivity contribution in [2.24, 2.45) is 5.73 Å². The number of aromatic amines is 1. The molecule has 14 N–H and O–H groups in total. The lowest BCUT2D eigenvalue weighted by atomic mass is 10.0. The third kappa shape index (κ3) is 18.3. The third-order valence-electron chi connectivity index (χ3n) is 12.5. The van der Waals surface area contributed by atoms with E-state index < -0.39 is 121 Å². The predicted octanol–water partition coefficient (Wildman–Crippen LogP) is -0.290. The van der Waals surface area contributed by atoms with Gasteiger partial charge in [0, 0.05) is 47.9 Å². The first kappa shape index (κ1) is 60.3. The molecule has 8 amide bonds. The Balaban J connectivity index is 1.60. The van der Waals surface area contributed by atoms with Crippen LogP contribution < -0.4 is 48.3 Å². The standard InChI is InChI=1S/C52H69FN10O11S2/c1-29(53)45(67)57-38(22-32-14-6-4-7-15-32)48(70)61-42-27-75-76-28-43(51(73)60-41(26-64)30(2)65)62-52(74)44(31(3)66)63-46(68)37(20-12-13-21-54)56-49(71)40(24-34-25-55-36-19-11-10-18-35(34)36)59-47(69)39(58-50(42)72)23-33-16-8-5-9-17-33/h4-11,14-19,25,29-31,37-44,55,64-66H,12-13,20-24,26-28,54H2,1-3H3,(H,56,71)(H,57,67)(H,58,72)(H,59,69)(H,60,73)(H,61,70)(H,62,74)(H,63,68)/t29?,30?,31?,37-,38-,39+,40+,41?,42-,43+,44+/m1/s1. The van der Waals surface area contributed by atoms with Gasteiger partial charge in [0.1, 0.15) is 42.3 Å². The van der Waals surface area contributed by atoms with Crippen molar-refractivity contribution < 1.29 is 58.1 Å². The fourth-order valence-corrected chi connectivity index (χ4v) is 10.4. The average Bonchev–Trinajstić information content (AvgIpc) is 3.81. The average molecular weight is 1090 g/mol. The van der Waals surface area contributed by atoms with Gasteiger partial charge in [-0.3, -0.25) is 38.4 Å². The summed E-state index contributed by atoms with van der Waals surface area (Å²) in [6.45, 7) is 3.11. The number of nitrogens with one attached hydrogen (secondary N) is 9. The maximum Gasteiger partial charge on any atom is 0.254 e. The molecule has 0 aliphatic carbocycles. The van der Waals surface area contributed by atoms with Crippen LogP contribution in [0, 0.1) is 0 Å². The molecule has 0 spiro atoms. The molecule has 0 radical (unpaired) electrons. The molecule has 412 valence electrons. The van der Waals surface area contributed by atoms with E-state index in [9.17, 15) is 58.1 Å². The molecule has 2 heterocycles. The zero-order valence-corrected chi connectivity index (χ0v) is 44.1. The van der Waals surface area contributed by atoms with Crippen molar-refractivity contribution in [2.45, 2.75) is 126 Å². The van der Waals surface area contributed by atoms with Crippen LogP contribution in [-0.4, -0.2) is 159 Å². The van der Waals surface area contributed by atoms with Crippen molar-refractivity contribution in [1.29, 1.82) is 0 Å². The van der Waals surface area contributed by atoms with E-state index in [4.69, 9.17) is 5.73 Å². The summed E-state index contributed by atoms with van der Waals surface area (Å²) in [5, 5.41) is 52.8. The second-order valence-electron chi connectivity index (χ2n) is 18.5. The number of alkyl halides is 1. The van der Waals surface area contributed by atoms with E-state index >= 15 is 0 Å². The summed E-state index contributed by atoms with van der Waals surface area (Å²) in [5.74, 6) is -7.88. The highest BCUT2D eigenvalue weighted by Gasteiger charge is 2.37. The maximum atomic E-state index is 14.8. The van der Waals surface area contributed by atoms with Crippen molar-refractivity contribution >= 4 is 79.7 Å². The Morgan fingerprint density at radius 3 is 1.92 bits per heavy atom. The summed E-state index contributed by atoms with van der Waals surface area (Å²) in [4.78, 5) is 117. The van der Waals surface area contributed by atoms with Crippen LogP contribution in [0.3, 0.4) is 0 Å². The Hall–Kier alpha value is -6.57. The number of carbonyl (C=O) groups excluding carboxylic acids is 8. The number of carbonyl (C=O) groups is 8. The Morgan fingerprint density at radius 2 is 1.29 bits per heavy atom. The minimum absolute atomic E-state index is 0.0000516. The first-order chi connectivity index (χ1) is 36.4. The fourth-order valence-electron chi connectivity index (χ4n) is 8.11. The van der Waals surface area contributed by atoms with Crippen molar-refractivity contribution in [2.75, 3.05) is 24.7 Å². The van der Waals surface area contributed by atoms with Gasteiger partial charge in [-0.15, -0.1) is 0 Å². The van der Waals surface area contributed by atoms with Crippen LogP contribution in [0.15, 0.2) is 91.1 Å². The van der Waals surface area contributed by atoms with Gasteiger partial charge in [-0.2, -0.15) is 0 Å².